The topological polar surface area (TPSA) is 53.0 Å². The zero-order valence-electron chi connectivity index (χ0n) is 20.5. The van der Waals surface area contributed by atoms with E-state index < -0.39 is 4.33 Å². The van der Waals surface area contributed by atoms with Crippen LogP contribution in [0.4, 0.5) is 11.4 Å². The predicted molar refractivity (Wildman–Crippen MR) is 158 cm³/mol. The molecule has 7 heteroatoms. The number of amides is 1. The smallest absolute Gasteiger partial charge is 0.268 e. The van der Waals surface area contributed by atoms with Gasteiger partial charge in [-0.2, -0.15) is 5.10 Å². The molecule has 1 saturated heterocycles. The van der Waals surface area contributed by atoms with Gasteiger partial charge in [-0.3, -0.25) is 14.5 Å². The van der Waals surface area contributed by atoms with Gasteiger partial charge in [-0.15, -0.1) is 0 Å². The van der Waals surface area contributed by atoms with E-state index in [1.165, 1.54) is 23.5 Å². The van der Waals surface area contributed by atoms with Crippen LogP contribution in [0.5, 0.6) is 0 Å². The molecule has 4 aromatic rings. The Morgan fingerprint density at radius 3 is 2.03 bits per heavy atom. The van der Waals surface area contributed by atoms with Gasteiger partial charge in [0, 0.05) is 11.3 Å². The zero-order chi connectivity index (χ0) is 26.1. The molecule has 0 bridgehead atoms. The van der Waals surface area contributed by atoms with Crippen LogP contribution >= 0.6 is 23.5 Å². The Balaban J connectivity index is 1.52. The van der Waals surface area contributed by atoms with Crippen molar-refractivity contribution in [3.63, 3.8) is 0 Å². The molecule has 4 aromatic carbocycles. The van der Waals surface area contributed by atoms with Gasteiger partial charge in [0.15, 0.2) is 5.04 Å². The normalized spacial score (nSPS) is 19.9. The monoisotopic (exact) mass is 533 g/mol. The molecule has 0 radical (unpaired) electrons. The number of hydrazone groups is 1. The van der Waals surface area contributed by atoms with Crippen LogP contribution in [-0.2, 0) is 4.79 Å². The van der Waals surface area contributed by atoms with E-state index in [9.17, 15) is 9.59 Å². The van der Waals surface area contributed by atoms with Crippen LogP contribution in [-0.4, -0.2) is 21.1 Å². The highest BCUT2D eigenvalue weighted by atomic mass is 32.2. The average Bonchev–Trinajstić information content (AvgIpc) is 3.46. The molecule has 1 atom stereocenters. The summed E-state index contributed by atoms with van der Waals surface area (Å²) in [4.78, 5) is 30.1. The first-order valence-corrected chi connectivity index (χ1v) is 13.8. The number of para-hydroxylation sites is 1. The number of hydrogen-bond donors (Lipinski definition) is 0. The number of anilines is 2. The van der Waals surface area contributed by atoms with Gasteiger partial charge in [-0.25, -0.2) is 5.01 Å². The van der Waals surface area contributed by atoms with Crippen molar-refractivity contribution in [2.75, 3.05) is 9.91 Å². The second-order valence-electron chi connectivity index (χ2n) is 8.90. The molecule has 1 fully saturated rings. The molecular weight excluding hydrogens is 510 g/mol. The van der Waals surface area contributed by atoms with Crippen LogP contribution in [0.1, 0.15) is 21.5 Å². The third-order valence-electron chi connectivity index (χ3n) is 6.25. The van der Waals surface area contributed by atoms with Gasteiger partial charge in [0.25, 0.3) is 5.91 Å². The lowest BCUT2D eigenvalue weighted by Crippen LogP contribution is -2.51. The third-order valence-corrected chi connectivity index (χ3v) is 8.96. The fourth-order valence-electron chi connectivity index (χ4n) is 4.38. The van der Waals surface area contributed by atoms with Gasteiger partial charge >= 0.3 is 0 Å². The minimum Gasteiger partial charge on any atom is -0.286 e. The minimum atomic E-state index is -1.06. The number of carbonyl (C=O) groups is 2. The van der Waals surface area contributed by atoms with Crippen molar-refractivity contribution in [2.45, 2.75) is 11.3 Å². The van der Waals surface area contributed by atoms with E-state index in [0.717, 1.165) is 22.5 Å². The molecule has 2 aliphatic heterocycles. The molecule has 0 unspecified atom stereocenters. The number of thioether (sulfide) groups is 2. The van der Waals surface area contributed by atoms with Crippen LogP contribution < -0.4 is 9.91 Å². The van der Waals surface area contributed by atoms with Gasteiger partial charge < -0.3 is 0 Å². The molecule has 38 heavy (non-hydrogen) atoms. The van der Waals surface area contributed by atoms with E-state index in [1.807, 2.05) is 121 Å². The summed E-state index contributed by atoms with van der Waals surface area (Å²) >= 11 is 2.71. The Morgan fingerprint density at radius 1 is 0.763 bits per heavy atom. The van der Waals surface area contributed by atoms with Crippen LogP contribution in [0.2, 0.25) is 0 Å². The number of benzene rings is 4. The first kappa shape index (κ1) is 24.3. The predicted octanol–water partition coefficient (Wildman–Crippen LogP) is 7.18. The van der Waals surface area contributed by atoms with E-state index in [-0.39, 0.29) is 11.7 Å². The Hall–Kier alpha value is -4.07. The summed E-state index contributed by atoms with van der Waals surface area (Å²) in [5.74, 6) is -0.315. The maximum absolute atomic E-state index is 14.1. The van der Waals surface area contributed by atoms with E-state index >= 15 is 0 Å². The number of Topliss-reactive ketones (excluding diaryl/α,β-unsaturated/α-hetero) is 1. The van der Waals surface area contributed by atoms with Crippen molar-refractivity contribution in [3.05, 3.63) is 137 Å². The van der Waals surface area contributed by atoms with Crippen molar-refractivity contribution in [3.8, 4) is 0 Å². The third kappa shape index (κ3) is 4.34. The fourth-order valence-corrected chi connectivity index (χ4v) is 7.32. The molecular formula is C31H23N3O2S2. The molecule has 0 aromatic heterocycles. The van der Waals surface area contributed by atoms with Crippen molar-refractivity contribution < 1.29 is 9.59 Å². The average molecular weight is 534 g/mol. The second-order valence-corrected chi connectivity index (χ2v) is 11.5. The summed E-state index contributed by atoms with van der Waals surface area (Å²) in [5, 5.41) is 7.02. The second kappa shape index (κ2) is 10.0. The molecule has 2 heterocycles. The zero-order valence-corrected chi connectivity index (χ0v) is 22.2. The van der Waals surface area contributed by atoms with Crippen LogP contribution in [0.15, 0.2) is 125 Å². The Labute approximate surface area is 229 Å². The highest BCUT2D eigenvalue weighted by molar-refractivity contribution is 8.29. The van der Waals surface area contributed by atoms with Crippen molar-refractivity contribution >= 4 is 57.7 Å². The molecule has 1 spiro atoms. The fraction of sp³-hybridized carbons (Fsp3) is 0.0645. The van der Waals surface area contributed by atoms with Crippen molar-refractivity contribution in [1.29, 1.82) is 0 Å². The first-order chi connectivity index (χ1) is 18.5. The van der Waals surface area contributed by atoms with Crippen LogP contribution in [0, 0.1) is 6.92 Å². The number of aryl methyl sites for hydroxylation is 1. The molecule has 0 saturated carbocycles. The van der Waals surface area contributed by atoms with Crippen molar-refractivity contribution in [2.24, 2.45) is 5.10 Å². The molecule has 2 aliphatic rings. The lowest BCUT2D eigenvalue weighted by molar-refractivity contribution is -0.114. The van der Waals surface area contributed by atoms with E-state index in [1.54, 1.807) is 17.0 Å². The van der Waals surface area contributed by atoms with Gasteiger partial charge in [0.2, 0.25) is 10.1 Å². The van der Waals surface area contributed by atoms with Gasteiger partial charge in [0.05, 0.1) is 10.6 Å². The lowest BCUT2D eigenvalue weighted by atomic mass is 10.1. The standard InChI is InChI=1S/C31H23N3O2S2/c1-22-17-19-26(20-18-22)34-31(38-29(32-34)28(35)24-13-7-3-8-14-24)33(25-15-9-4-10-16-25)30(36)27(37-31)21-23-11-5-2-6-12-23/h2-21H,1H3/b27-21-/t31-/m1/s1. The van der Waals surface area contributed by atoms with Crippen LogP contribution in [0.25, 0.3) is 6.08 Å². The minimum absolute atomic E-state index is 0.140. The van der Waals surface area contributed by atoms with Crippen molar-refractivity contribution in [1.82, 2.24) is 0 Å². The highest BCUT2D eigenvalue weighted by Gasteiger charge is 2.60. The summed E-state index contributed by atoms with van der Waals surface area (Å²) in [6.45, 7) is 2.02. The molecule has 0 N–H and O–H groups in total. The van der Waals surface area contributed by atoms with Gasteiger partial charge in [0.1, 0.15) is 0 Å². The van der Waals surface area contributed by atoms with Gasteiger partial charge in [-0.1, -0.05) is 108 Å². The first-order valence-electron chi connectivity index (χ1n) is 12.1. The maximum Gasteiger partial charge on any atom is 0.268 e. The molecule has 6 rings (SSSR count). The number of ketones is 1. The summed E-state index contributed by atoms with van der Waals surface area (Å²) in [7, 11) is 0. The Bertz CT molecular complexity index is 1560. The maximum atomic E-state index is 14.1. The van der Waals surface area contributed by atoms with Gasteiger partial charge in [-0.05, 0) is 54.6 Å². The van der Waals surface area contributed by atoms with Crippen LogP contribution in [0.3, 0.4) is 0 Å². The Kier molecular flexibility index (Phi) is 6.39. The largest absolute Gasteiger partial charge is 0.286 e. The summed E-state index contributed by atoms with van der Waals surface area (Å²) in [5.41, 5.74) is 4.12. The van der Waals surface area contributed by atoms with E-state index in [2.05, 4.69) is 0 Å². The summed E-state index contributed by atoms with van der Waals surface area (Å²) < 4.78 is -1.06. The molecule has 1 amide bonds. The lowest BCUT2D eigenvalue weighted by Gasteiger charge is -2.38. The number of rotatable bonds is 5. The summed E-state index contributed by atoms with van der Waals surface area (Å²) in [6.07, 6.45) is 1.91. The number of hydrogen-bond acceptors (Lipinski definition) is 6. The van der Waals surface area contributed by atoms with E-state index in [4.69, 9.17) is 5.10 Å². The molecule has 186 valence electrons. The Morgan fingerprint density at radius 2 is 1.37 bits per heavy atom. The SMILES string of the molecule is Cc1ccc(N2N=C(C(=O)c3ccccc3)S[C@@]23S/C(=C\c2ccccc2)C(=O)N3c2ccccc2)cc1. The summed E-state index contributed by atoms with van der Waals surface area (Å²) in [6, 6.07) is 36.5. The number of carbonyl (C=O) groups excluding carboxylic acids is 2. The highest BCUT2D eigenvalue weighted by Crippen LogP contribution is 2.59. The molecule has 0 aliphatic carbocycles. The molecule has 5 nitrogen and oxygen atoms in total. The van der Waals surface area contributed by atoms with E-state index in [0.29, 0.717) is 15.5 Å². The number of nitrogens with zero attached hydrogens (tertiary/aromatic N) is 3. The quantitative estimate of drug-likeness (QED) is 0.201.